The SMILES string of the molecule is CC(=O)c1ccccc1[O-].[K+]. The molecule has 1 aromatic carbocycles. The van der Waals surface area contributed by atoms with Gasteiger partial charge in [0.1, 0.15) is 0 Å². The minimum absolute atomic E-state index is 0. The Hall–Kier alpha value is 0.326. The largest absolute Gasteiger partial charge is 1.00 e. The molecule has 0 fully saturated rings. The third-order valence-electron chi connectivity index (χ3n) is 1.27. The fraction of sp³-hybridized carbons (Fsp3) is 0.125. The monoisotopic (exact) mass is 174 g/mol. The van der Waals surface area contributed by atoms with E-state index in [0.717, 1.165) is 0 Å². The van der Waals surface area contributed by atoms with Crippen molar-refractivity contribution < 1.29 is 61.3 Å². The molecule has 0 saturated carbocycles. The molecule has 52 valence electrons. The predicted molar refractivity (Wildman–Crippen MR) is 35.9 cm³/mol. The van der Waals surface area contributed by atoms with Gasteiger partial charge in [-0.25, -0.2) is 0 Å². The maximum absolute atomic E-state index is 10.8. The molecular weight excluding hydrogens is 167 g/mol. The third-order valence-corrected chi connectivity index (χ3v) is 1.27. The van der Waals surface area contributed by atoms with E-state index in [9.17, 15) is 9.90 Å². The van der Waals surface area contributed by atoms with Gasteiger partial charge in [-0.15, -0.1) is 0 Å². The van der Waals surface area contributed by atoms with Crippen molar-refractivity contribution in [1.29, 1.82) is 0 Å². The summed E-state index contributed by atoms with van der Waals surface area (Å²) in [6, 6.07) is 6.22. The molecule has 0 aromatic heterocycles. The number of carbonyl (C=O) groups is 1. The molecule has 0 radical (unpaired) electrons. The first-order chi connectivity index (χ1) is 4.72. The Labute approximate surface area is 108 Å². The Balaban J connectivity index is 0.000001000. The second-order valence-electron chi connectivity index (χ2n) is 2.05. The van der Waals surface area contributed by atoms with E-state index in [4.69, 9.17) is 0 Å². The Morgan fingerprint density at radius 3 is 2.27 bits per heavy atom. The van der Waals surface area contributed by atoms with Gasteiger partial charge in [0.15, 0.2) is 5.78 Å². The Bertz CT molecular complexity index is 258. The molecule has 1 aromatic rings. The van der Waals surface area contributed by atoms with E-state index in [1.54, 1.807) is 12.1 Å². The molecule has 0 aliphatic rings. The number of rotatable bonds is 1. The van der Waals surface area contributed by atoms with Crippen LogP contribution in [0.25, 0.3) is 0 Å². The van der Waals surface area contributed by atoms with E-state index in [2.05, 4.69) is 0 Å². The first-order valence-corrected chi connectivity index (χ1v) is 2.99. The summed E-state index contributed by atoms with van der Waals surface area (Å²) in [5, 5.41) is 10.8. The van der Waals surface area contributed by atoms with Gasteiger partial charge in [-0.1, -0.05) is 30.0 Å². The van der Waals surface area contributed by atoms with Crippen LogP contribution in [0.3, 0.4) is 0 Å². The molecule has 0 aliphatic carbocycles. The van der Waals surface area contributed by atoms with Gasteiger partial charge in [0, 0.05) is 5.56 Å². The number of Topliss-reactive ketones (excluding diaryl/α,β-unsaturated/α-hetero) is 1. The standard InChI is InChI=1S/C8H8O2.K/c1-6(9)7-4-2-3-5-8(7)10;/h2-5,10H,1H3;/q;+1/p-1. The van der Waals surface area contributed by atoms with Gasteiger partial charge in [-0.05, 0) is 6.92 Å². The van der Waals surface area contributed by atoms with Crippen molar-refractivity contribution in [2.45, 2.75) is 6.92 Å². The van der Waals surface area contributed by atoms with E-state index in [1.165, 1.54) is 19.1 Å². The van der Waals surface area contributed by atoms with Gasteiger partial charge < -0.3 is 5.11 Å². The van der Waals surface area contributed by atoms with Crippen LogP contribution in [-0.2, 0) is 0 Å². The zero-order chi connectivity index (χ0) is 7.56. The summed E-state index contributed by atoms with van der Waals surface area (Å²) >= 11 is 0. The maximum atomic E-state index is 10.8. The molecule has 2 nitrogen and oxygen atoms in total. The van der Waals surface area contributed by atoms with Crippen molar-refractivity contribution in [2.24, 2.45) is 0 Å². The van der Waals surface area contributed by atoms with Crippen LogP contribution in [0.15, 0.2) is 24.3 Å². The van der Waals surface area contributed by atoms with Crippen LogP contribution >= 0.6 is 0 Å². The van der Waals surface area contributed by atoms with Crippen LogP contribution in [0.4, 0.5) is 0 Å². The fourth-order valence-electron chi connectivity index (χ4n) is 0.757. The summed E-state index contributed by atoms with van der Waals surface area (Å²) < 4.78 is 0. The zero-order valence-corrected chi connectivity index (χ0v) is 9.75. The Morgan fingerprint density at radius 2 is 1.91 bits per heavy atom. The molecule has 11 heavy (non-hydrogen) atoms. The molecular formula is C8H7KO2. The number of carbonyl (C=O) groups excluding carboxylic acids is 1. The van der Waals surface area contributed by atoms with Gasteiger partial charge in [0.2, 0.25) is 0 Å². The summed E-state index contributed by atoms with van der Waals surface area (Å²) in [5.41, 5.74) is 0.266. The molecule has 0 unspecified atom stereocenters. The Morgan fingerprint density at radius 1 is 1.36 bits per heavy atom. The van der Waals surface area contributed by atoms with Crippen LogP contribution in [0.2, 0.25) is 0 Å². The van der Waals surface area contributed by atoms with Crippen molar-refractivity contribution >= 4 is 5.78 Å². The average Bonchev–Trinajstić information content (AvgIpc) is 1.88. The minimum Gasteiger partial charge on any atom is -0.872 e. The second-order valence-corrected chi connectivity index (χ2v) is 2.05. The van der Waals surface area contributed by atoms with Gasteiger partial charge in [-0.2, -0.15) is 0 Å². The van der Waals surface area contributed by atoms with E-state index in [0.29, 0.717) is 0 Å². The molecule has 0 atom stereocenters. The summed E-state index contributed by atoms with van der Waals surface area (Å²) in [5.74, 6) is -0.374. The number of para-hydroxylation sites is 1. The average molecular weight is 174 g/mol. The molecule has 1 rings (SSSR count). The normalized spacial score (nSPS) is 8.45. The maximum Gasteiger partial charge on any atom is 1.00 e. The van der Waals surface area contributed by atoms with Crippen LogP contribution in [0.1, 0.15) is 17.3 Å². The van der Waals surface area contributed by atoms with Crippen LogP contribution in [0.5, 0.6) is 5.75 Å². The first kappa shape index (κ1) is 11.3. The topological polar surface area (TPSA) is 40.1 Å². The van der Waals surface area contributed by atoms with Crippen molar-refractivity contribution in [3.05, 3.63) is 29.8 Å². The summed E-state index contributed by atoms with van der Waals surface area (Å²) in [7, 11) is 0. The van der Waals surface area contributed by atoms with Crippen LogP contribution in [-0.4, -0.2) is 5.78 Å². The number of hydrogen-bond acceptors (Lipinski definition) is 2. The van der Waals surface area contributed by atoms with E-state index >= 15 is 0 Å². The zero-order valence-electron chi connectivity index (χ0n) is 6.63. The van der Waals surface area contributed by atoms with Crippen molar-refractivity contribution in [3.8, 4) is 5.75 Å². The molecule has 0 N–H and O–H groups in total. The molecule has 3 heteroatoms. The molecule has 0 bridgehead atoms. The summed E-state index contributed by atoms with van der Waals surface area (Å²) in [6.07, 6.45) is 0. The summed E-state index contributed by atoms with van der Waals surface area (Å²) in [4.78, 5) is 10.7. The molecule has 0 spiro atoms. The fourth-order valence-corrected chi connectivity index (χ4v) is 0.757. The van der Waals surface area contributed by atoms with Crippen molar-refractivity contribution in [3.63, 3.8) is 0 Å². The van der Waals surface area contributed by atoms with E-state index in [1.807, 2.05) is 0 Å². The summed E-state index contributed by atoms with van der Waals surface area (Å²) in [6.45, 7) is 1.39. The van der Waals surface area contributed by atoms with Crippen molar-refractivity contribution in [2.75, 3.05) is 0 Å². The Kier molecular flexibility index (Phi) is 5.21. The number of hydrogen-bond donors (Lipinski definition) is 0. The minimum atomic E-state index is -0.199. The van der Waals surface area contributed by atoms with Crippen LogP contribution in [0, 0.1) is 0 Å². The molecule has 0 aliphatic heterocycles. The van der Waals surface area contributed by atoms with Gasteiger partial charge in [0.05, 0.1) is 0 Å². The van der Waals surface area contributed by atoms with E-state index < -0.39 is 0 Å². The van der Waals surface area contributed by atoms with Gasteiger partial charge in [-0.3, -0.25) is 4.79 Å². The van der Waals surface area contributed by atoms with Crippen LogP contribution < -0.4 is 56.5 Å². The second kappa shape index (κ2) is 5.06. The predicted octanol–water partition coefficient (Wildman–Crippen LogP) is -2.03. The molecule has 0 amide bonds. The van der Waals surface area contributed by atoms with Gasteiger partial charge in [0.25, 0.3) is 0 Å². The smallest absolute Gasteiger partial charge is 0.872 e. The number of ketones is 1. The third kappa shape index (κ3) is 3.05. The van der Waals surface area contributed by atoms with Gasteiger partial charge >= 0.3 is 51.4 Å². The number of benzene rings is 1. The first-order valence-electron chi connectivity index (χ1n) is 2.99. The molecule has 0 heterocycles. The van der Waals surface area contributed by atoms with E-state index in [-0.39, 0.29) is 68.5 Å². The quantitative estimate of drug-likeness (QED) is 0.364. The van der Waals surface area contributed by atoms with Crippen molar-refractivity contribution in [1.82, 2.24) is 0 Å². The molecule has 0 saturated heterocycles.